The summed E-state index contributed by atoms with van der Waals surface area (Å²) in [6, 6.07) is 21.0. The monoisotopic (exact) mass is 464 g/mol. The van der Waals surface area contributed by atoms with Crippen LogP contribution in [0, 0.1) is 0 Å². The minimum atomic E-state index is -0.371. The summed E-state index contributed by atoms with van der Waals surface area (Å²) in [5.41, 5.74) is 1.93. The van der Waals surface area contributed by atoms with Gasteiger partial charge >= 0.3 is 5.63 Å². The Morgan fingerprint density at radius 1 is 0.931 bits per heavy atom. The summed E-state index contributed by atoms with van der Waals surface area (Å²) >= 11 is 4.81. The third-order valence-electron chi connectivity index (χ3n) is 4.56. The Balaban J connectivity index is 1.49. The van der Waals surface area contributed by atoms with Crippen molar-refractivity contribution in [3.63, 3.8) is 0 Å². The van der Waals surface area contributed by atoms with Crippen molar-refractivity contribution in [2.75, 3.05) is 0 Å². The van der Waals surface area contributed by atoms with E-state index >= 15 is 0 Å². The largest absolute Gasteiger partial charge is 0.423 e. The maximum atomic E-state index is 12.0. The van der Waals surface area contributed by atoms with Crippen LogP contribution in [-0.4, -0.2) is 10.2 Å². The minimum absolute atomic E-state index is 0.371. The van der Waals surface area contributed by atoms with Crippen LogP contribution in [0.4, 0.5) is 0 Å². The second-order valence-corrected chi connectivity index (χ2v) is 8.26. The number of fused-ring (bicyclic) bond motifs is 3. The molecule has 0 N–H and O–H groups in total. The third-order valence-corrected chi connectivity index (χ3v) is 5.96. The van der Waals surface area contributed by atoms with E-state index in [0.29, 0.717) is 22.4 Å². The van der Waals surface area contributed by atoms with Gasteiger partial charge in [0.1, 0.15) is 5.58 Å². The van der Waals surface area contributed by atoms with Crippen LogP contribution in [-0.2, 0) is 5.75 Å². The molecule has 5 nitrogen and oxygen atoms in total. The number of halogens is 1. The van der Waals surface area contributed by atoms with Gasteiger partial charge < -0.3 is 8.83 Å². The molecule has 3 aromatic carbocycles. The Labute approximate surface area is 177 Å². The van der Waals surface area contributed by atoms with Gasteiger partial charge in [-0.05, 0) is 46.7 Å². The van der Waals surface area contributed by atoms with Crippen molar-refractivity contribution in [1.82, 2.24) is 10.2 Å². The Hall–Kier alpha value is -2.90. The molecule has 142 valence electrons. The number of hydrogen-bond donors (Lipinski definition) is 0. The summed E-state index contributed by atoms with van der Waals surface area (Å²) in [5.74, 6) is 0.973. The van der Waals surface area contributed by atoms with Gasteiger partial charge in [0, 0.05) is 27.2 Å². The molecule has 5 rings (SSSR count). The number of hydrogen-bond acceptors (Lipinski definition) is 6. The summed E-state index contributed by atoms with van der Waals surface area (Å²) in [6.07, 6.45) is 0. The quantitative estimate of drug-likeness (QED) is 0.183. The molecule has 0 radical (unpaired) electrons. The SMILES string of the molecule is O=c1cc(CSc2nnc(-c3ccc(Br)cc3)o2)c2c(ccc3ccccc32)o1. The van der Waals surface area contributed by atoms with E-state index in [2.05, 4.69) is 26.1 Å². The molecule has 0 fully saturated rings. The molecule has 0 bridgehead atoms. The van der Waals surface area contributed by atoms with Gasteiger partial charge in [0.25, 0.3) is 5.22 Å². The summed E-state index contributed by atoms with van der Waals surface area (Å²) in [5, 5.41) is 11.8. The van der Waals surface area contributed by atoms with E-state index in [1.54, 1.807) is 0 Å². The lowest BCUT2D eigenvalue weighted by molar-refractivity contribution is 0.466. The second-order valence-electron chi connectivity index (χ2n) is 6.42. The van der Waals surface area contributed by atoms with Crippen LogP contribution in [0.25, 0.3) is 33.2 Å². The van der Waals surface area contributed by atoms with Crippen molar-refractivity contribution >= 4 is 49.4 Å². The lowest BCUT2D eigenvalue weighted by Crippen LogP contribution is -2.00. The first-order chi connectivity index (χ1) is 14.2. The fourth-order valence-electron chi connectivity index (χ4n) is 3.25. The molecule has 2 aromatic heterocycles. The van der Waals surface area contributed by atoms with Crippen molar-refractivity contribution in [2.24, 2.45) is 0 Å². The molecule has 0 saturated carbocycles. The molecule has 0 spiro atoms. The van der Waals surface area contributed by atoms with Gasteiger partial charge in [-0.15, -0.1) is 10.2 Å². The average Bonchev–Trinajstić information content (AvgIpc) is 3.21. The van der Waals surface area contributed by atoms with E-state index in [-0.39, 0.29) is 5.63 Å². The summed E-state index contributed by atoms with van der Waals surface area (Å²) in [4.78, 5) is 12.0. The molecule has 0 aliphatic rings. The number of aromatic nitrogens is 2. The lowest BCUT2D eigenvalue weighted by atomic mass is 10.0. The van der Waals surface area contributed by atoms with Crippen molar-refractivity contribution in [1.29, 1.82) is 0 Å². The zero-order valence-electron chi connectivity index (χ0n) is 15.0. The Morgan fingerprint density at radius 3 is 2.62 bits per heavy atom. The highest BCUT2D eigenvalue weighted by Crippen LogP contribution is 2.32. The predicted molar refractivity (Wildman–Crippen MR) is 117 cm³/mol. The highest BCUT2D eigenvalue weighted by Gasteiger charge is 2.13. The van der Waals surface area contributed by atoms with Gasteiger partial charge in [0.05, 0.1) is 0 Å². The number of nitrogens with zero attached hydrogens (tertiary/aromatic N) is 2. The average molecular weight is 465 g/mol. The Bertz CT molecular complexity index is 1390. The fourth-order valence-corrected chi connectivity index (χ4v) is 4.26. The topological polar surface area (TPSA) is 69.1 Å². The second kappa shape index (κ2) is 7.50. The molecular formula is C22H13BrN2O3S. The van der Waals surface area contributed by atoms with E-state index in [1.807, 2.05) is 60.7 Å². The molecule has 0 unspecified atom stereocenters. The molecule has 0 aliphatic carbocycles. The number of thioether (sulfide) groups is 1. The zero-order valence-corrected chi connectivity index (χ0v) is 17.4. The summed E-state index contributed by atoms with van der Waals surface area (Å²) in [7, 11) is 0. The highest BCUT2D eigenvalue weighted by molar-refractivity contribution is 9.10. The van der Waals surface area contributed by atoms with Gasteiger partial charge in [0.2, 0.25) is 5.89 Å². The van der Waals surface area contributed by atoms with Crippen LogP contribution in [0.1, 0.15) is 5.56 Å². The third kappa shape index (κ3) is 3.59. The first-order valence-electron chi connectivity index (χ1n) is 8.84. The van der Waals surface area contributed by atoms with E-state index in [4.69, 9.17) is 8.83 Å². The molecule has 2 heterocycles. The van der Waals surface area contributed by atoms with Crippen molar-refractivity contribution < 1.29 is 8.83 Å². The molecule has 0 aliphatic heterocycles. The number of benzene rings is 3. The van der Waals surface area contributed by atoms with Crippen LogP contribution < -0.4 is 5.63 Å². The maximum Gasteiger partial charge on any atom is 0.336 e. The Morgan fingerprint density at radius 2 is 1.76 bits per heavy atom. The Kier molecular flexibility index (Phi) is 4.69. The van der Waals surface area contributed by atoms with E-state index in [1.165, 1.54) is 17.8 Å². The highest BCUT2D eigenvalue weighted by atomic mass is 79.9. The van der Waals surface area contributed by atoms with E-state index in [0.717, 1.165) is 31.8 Å². The van der Waals surface area contributed by atoms with Gasteiger partial charge in [-0.2, -0.15) is 0 Å². The molecule has 29 heavy (non-hydrogen) atoms. The first kappa shape index (κ1) is 18.1. The fraction of sp³-hybridized carbons (Fsp3) is 0.0455. The predicted octanol–water partition coefficient (Wildman–Crippen LogP) is 6.05. The zero-order chi connectivity index (χ0) is 19.8. The van der Waals surface area contributed by atoms with Gasteiger partial charge in [-0.3, -0.25) is 0 Å². The minimum Gasteiger partial charge on any atom is -0.423 e. The molecule has 0 amide bonds. The maximum absolute atomic E-state index is 12.0. The normalized spacial score (nSPS) is 11.3. The summed E-state index contributed by atoms with van der Waals surface area (Å²) < 4.78 is 12.2. The van der Waals surface area contributed by atoms with Crippen LogP contribution in [0.3, 0.4) is 0 Å². The summed E-state index contributed by atoms with van der Waals surface area (Å²) in [6.45, 7) is 0. The van der Waals surface area contributed by atoms with E-state index < -0.39 is 0 Å². The van der Waals surface area contributed by atoms with Crippen LogP contribution in [0.15, 0.2) is 90.1 Å². The van der Waals surface area contributed by atoms with Crippen molar-refractivity contribution in [3.05, 3.63) is 87.2 Å². The standard InChI is InChI=1S/C22H13BrN2O3S/c23-16-8-5-14(6-9-16)21-24-25-22(28-21)29-12-15-11-19(26)27-18-10-7-13-3-1-2-4-17(13)20(15)18/h1-11H,12H2. The van der Waals surface area contributed by atoms with Crippen LogP contribution in [0.2, 0.25) is 0 Å². The molecule has 0 atom stereocenters. The van der Waals surface area contributed by atoms with Gasteiger partial charge in [-0.1, -0.05) is 58.0 Å². The van der Waals surface area contributed by atoms with Gasteiger partial charge in [0.15, 0.2) is 0 Å². The van der Waals surface area contributed by atoms with Crippen molar-refractivity contribution in [2.45, 2.75) is 11.0 Å². The molecule has 5 aromatic rings. The first-order valence-corrected chi connectivity index (χ1v) is 10.6. The molecule has 0 saturated heterocycles. The van der Waals surface area contributed by atoms with Crippen LogP contribution >= 0.6 is 27.7 Å². The number of rotatable bonds is 4. The van der Waals surface area contributed by atoms with Crippen LogP contribution in [0.5, 0.6) is 0 Å². The molecular weight excluding hydrogens is 452 g/mol. The smallest absolute Gasteiger partial charge is 0.336 e. The lowest BCUT2D eigenvalue weighted by Gasteiger charge is -2.07. The van der Waals surface area contributed by atoms with Crippen molar-refractivity contribution in [3.8, 4) is 11.5 Å². The van der Waals surface area contributed by atoms with E-state index in [9.17, 15) is 4.79 Å². The molecule has 7 heteroatoms. The van der Waals surface area contributed by atoms with Gasteiger partial charge in [-0.25, -0.2) is 4.79 Å².